The molecule has 1 N–H and O–H groups in total. The summed E-state index contributed by atoms with van der Waals surface area (Å²) in [5, 5.41) is 3.29. The van der Waals surface area contributed by atoms with Crippen LogP contribution in [0.1, 0.15) is 19.4 Å². The van der Waals surface area contributed by atoms with Crippen LogP contribution in [-0.4, -0.2) is 33.5 Å². The van der Waals surface area contributed by atoms with Crippen molar-refractivity contribution in [1.82, 2.24) is 5.32 Å². The van der Waals surface area contributed by atoms with Crippen LogP contribution < -0.4 is 14.8 Å². The van der Waals surface area contributed by atoms with Gasteiger partial charge in [0.05, 0.1) is 6.61 Å². The van der Waals surface area contributed by atoms with Gasteiger partial charge in [-0.15, -0.1) is 0 Å². The van der Waals surface area contributed by atoms with Crippen LogP contribution >= 0.6 is 0 Å². The molecule has 120 valence electrons. The van der Waals surface area contributed by atoms with Gasteiger partial charge in [-0.3, -0.25) is 0 Å². The monoisotopic (exact) mass is 303 g/mol. The van der Waals surface area contributed by atoms with E-state index in [0.29, 0.717) is 31.4 Å². The minimum atomic E-state index is -2.86. The predicted molar refractivity (Wildman–Crippen MR) is 77.0 cm³/mol. The van der Waals surface area contributed by atoms with Gasteiger partial charge in [0.25, 0.3) is 0 Å². The Bertz CT molecular complexity index is 416. The van der Waals surface area contributed by atoms with E-state index >= 15 is 0 Å². The molecule has 0 saturated heterocycles. The molecule has 0 heterocycles. The van der Waals surface area contributed by atoms with Crippen LogP contribution in [0.3, 0.4) is 0 Å². The lowest BCUT2D eigenvalue weighted by molar-refractivity contribution is -0.0514. The molecule has 0 saturated carbocycles. The number of benzene rings is 1. The summed E-state index contributed by atoms with van der Waals surface area (Å²) in [5.74, 6) is 0.799. The molecule has 0 amide bonds. The van der Waals surface area contributed by atoms with E-state index in [0.717, 1.165) is 12.1 Å². The third-order valence-corrected chi connectivity index (χ3v) is 2.80. The van der Waals surface area contributed by atoms with Crippen molar-refractivity contribution in [3.8, 4) is 11.5 Å². The van der Waals surface area contributed by atoms with Gasteiger partial charge in [-0.1, -0.05) is 13.0 Å². The molecule has 0 aliphatic carbocycles. The number of halogens is 2. The first-order chi connectivity index (χ1) is 10.1. The van der Waals surface area contributed by atoms with E-state index in [1.807, 2.05) is 0 Å². The van der Waals surface area contributed by atoms with Crippen molar-refractivity contribution in [2.24, 2.45) is 5.92 Å². The lowest BCUT2D eigenvalue weighted by Gasteiger charge is -2.14. The topological polar surface area (TPSA) is 39.7 Å². The highest BCUT2D eigenvalue weighted by atomic mass is 19.3. The average Bonchev–Trinajstić information content (AvgIpc) is 2.41. The first-order valence-corrected chi connectivity index (χ1v) is 6.97. The van der Waals surface area contributed by atoms with Crippen molar-refractivity contribution in [1.29, 1.82) is 0 Å². The van der Waals surface area contributed by atoms with Crippen molar-refractivity contribution in [2.45, 2.75) is 27.0 Å². The highest BCUT2D eigenvalue weighted by Gasteiger charge is 2.11. The molecule has 1 aromatic carbocycles. The molecule has 0 bridgehead atoms. The zero-order chi connectivity index (χ0) is 15.7. The third kappa shape index (κ3) is 6.73. The average molecular weight is 303 g/mol. The van der Waals surface area contributed by atoms with Crippen LogP contribution in [0.15, 0.2) is 18.2 Å². The molecule has 0 radical (unpaired) electrons. The summed E-state index contributed by atoms with van der Waals surface area (Å²) in [4.78, 5) is 0. The Kier molecular flexibility index (Phi) is 8.00. The molecule has 0 fully saturated rings. The number of hydrogen-bond donors (Lipinski definition) is 1. The molecule has 0 aliphatic heterocycles. The van der Waals surface area contributed by atoms with Crippen LogP contribution in [0, 0.1) is 5.92 Å². The third-order valence-electron chi connectivity index (χ3n) is 2.80. The molecule has 0 aliphatic rings. The Morgan fingerprint density at radius 2 is 2.00 bits per heavy atom. The van der Waals surface area contributed by atoms with Gasteiger partial charge in [-0.2, -0.15) is 8.78 Å². The minimum Gasteiger partial charge on any atom is -0.490 e. The number of rotatable bonds is 10. The summed E-state index contributed by atoms with van der Waals surface area (Å²) in [6.07, 6.45) is 0. The van der Waals surface area contributed by atoms with Crippen LogP contribution in [0.5, 0.6) is 11.5 Å². The smallest absolute Gasteiger partial charge is 0.387 e. The molecule has 1 rings (SSSR count). The number of nitrogens with one attached hydrogen (secondary N) is 1. The number of ether oxygens (including phenoxy) is 3. The van der Waals surface area contributed by atoms with E-state index in [-0.39, 0.29) is 5.75 Å². The number of methoxy groups -OCH3 is 1. The molecule has 21 heavy (non-hydrogen) atoms. The van der Waals surface area contributed by atoms with Gasteiger partial charge in [0.15, 0.2) is 11.5 Å². The van der Waals surface area contributed by atoms with Crippen LogP contribution in [-0.2, 0) is 11.3 Å². The molecular formula is C15H23F2NO3. The predicted octanol–water partition coefficient (Wildman–Crippen LogP) is 3.06. The van der Waals surface area contributed by atoms with E-state index in [4.69, 9.17) is 9.47 Å². The fourth-order valence-electron chi connectivity index (χ4n) is 1.93. The molecule has 4 nitrogen and oxygen atoms in total. The zero-order valence-corrected chi connectivity index (χ0v) is 12.7. The maximum atomic E-state index is 12.3. The standard InChI is InChI=1S/C15H23F2NO3/c1-4-20-14-7-12(5-6-13(14)21-15(16)17)9-18-8-11(2)10-19-3/h5-7,11,15,18H,4,8-10H2,1-3H3. The highest BCUT2D eigenvalue weighted by molar-refractivity contribution is 5.43. The van der Waals surface area contributed by atoms with Crippen molar-refractivity contribution in [2.75, 3.05) is 26.9 Å². The van der Waals surface area contributed by atoms with Gasteiger partial charge in [-0.25, -0.2) is 0 Å². The van der Waals surface area contributed by atoms with E-state index in [9.17, 15) is 8.78 Å². The largest absolute Gasteiger partial charge is 0.490 e. The van der Waals surface area contributed by atoms with Crippen molar-refractivity contribution < 1.29 is 23.0 Å². The van der Waals surface area contributed by atoms with Gasteiger partial charge in [0.1, 0.15) is 0 Å². The van der Waals surface area contributed by atoms with Crippen LogP contribution in [0.25, 0.3) is 0 Å². The minimum absolute atomic E-state index is 0.0587. The van der Waals surface area contributed by atoms with Gasteiger partial charge in [0, 0.05) is 26.8 Å². The van der Waals surface area contributed by atoms with E-state index in [1.165, 1.54) is 6.07 Å². The highest BCUT2D eigenvalue weighted by Crippen LogP contribution is 2.29. The molecule has 1 aromatic rings. The van der Waals surface area contributed by atoms with E-state index in [1.54, 1.807) is 26.2 Å². The lowest BCUT2D eigenvalue weighted by Crippen LogP contribution is -2.23. The summed E-state index contributed by atoms with van der Waals surface area (Å²) >= 11 is 0. The molecule has 0 spiro atoms. The summed E-state index contributed by atoms with van der Waals surface area (Å²) in [7, 11) is 1.67. The number of hydrogen-bond acceptors (Lipinski definition) is 4. The Hall–Kier alpha value is -1.40. The van der Waals surface area contributed by atoms with Crippen LogP contribution in [0.4, 0.5) is 8.78 Å². The Morgan fingerprint density at radius 3 is 2.62 bits per heavy atom. The quantitative estimate of drug-likeness (QED) is 0.721. The van der Waals surface area contributed by atoms with E-state index < -0.39 is 6.61 Å². The normalized spacial score (nSPS) is 12.5. The zero-order valence-electron chi connectivity index (χ0n) is 12.7. The summed E-state index contributed by atoms with van der Waals surface area (Å²) in [6.45, 7) is 3.55. The fraction of sp³-hybridized carbons (Fsp3) is 0.600. The second kappa shape index (κ2) is 9.52. The Morgan fingerprint density at radius 1 is 1.24 bits per heavy atom. The summed E-state index contributed by atoms with van der Waals surface area (Å²) in [6, 6.07) is 4.97. The Balaban J connectivity index is 2.60. The first-order valence-electron chi connectivity index (χ1n) is 6.97. The maximum absolute atomic E-state index is 12.3. The van der Waals surface area contributed by atoms with Gasteiger partial charge < -0.3 is 19.5 Å². The van der Waals surface area contributed by atoms with Gasteiger partial charge >= 0.3 is 6.61 Å². The van der Waals surface area contributed by atoms with Crippen LogP contribution in [0.2, 0.25) is 0 Å². The SMILES string of the molecule is CCOc1cc(CNCC(C)COC)ccc1OC(F)F. The lowest BCUT2D eigenvalue weighted by atomic mass is 10.1. The summed E-state index contributed by atoms with van der Waals surface area (Å²) < 4.78 is 39.4. The van der Waals surface area contributed by atoms with Crippen molar-refractivity contribution in [3.05, 3.63) is 23.8 Å². The van der Waals surface area contributed by atoms with Gasteiger partial charge in [0.2, 0.25) is 0 Å². The molecule has 6 heteroatoms. The molecule has 1 atom stereocenters. The van der Waals surface area contributed by atoms with Crippen molar-refractivity contribution in [3.63, 3.8) is 0 Å². The molecular weight excluding hydrogens is 280 g/mol. The second-order valence-electron chi connectivity index (χ2n) is 4.78. The summed E-state index contributed by atoms with van der Waals surface area (Å²) in [5.41, 5.74) is 0.949. The fourth-order valence-corrected chi connectivity index (χ4v) is 1.93. The van der Waals surface area contributed by atoms with Crippen molar-refractivity contribution >= 4 is 0 Å². The molecule has 1 unspecified atom stereocenters. The second-order valence-corrected chi connectivity index (χ2v) is 4.78. The number of alkyl halides is 2. The maximum Gasteiger partial charge on any atom is 0.387 e. The first kappa shape index (κ1) is 17.7. The Labute approximate surface area is 124 Å². The molecule has 0 aromatic heterocycles. The van der Waals surface area contributed by atoms with Gasteiger partial charge in [-0.05, 0) is 30.5 Å². The van der Waals surface area contributed by atoms with E-state index in [2.05, 4.69) is 17.0 Å².